The van der Waals surface area contributed by atoms with Crippen LogP contribution in [0.3, 0.4) is 0 Å². The van der Waals surface area contributed by atoms with Crippen molar-refractivity contribution in [3.63, 3.8) is 0 Å². The molecule has 1 aromatic carbocycles. The Bertz CT molecular complexity index is 844. The van der Waals surface area contributed by atoms with E-state index in [0.717, 1.165) is 32.4 Å². The van der Waals surface area contributed by atoms with Crippen LogP contribution in [0, 0.1) is 10.1 Å². The number of nitrogens with one attached hydrogen (secondary N) is 2. The van der Waals surface area contributed by atoms with Crippen LogP contribution in [0.15, 0.2) is 41.0 Å². The third kappa shape index (κ3) is 4.87. The molecule has 9 nitrogen and oxygen atoms in total. The number of anilines is 1. The number of carbonyl (C=O) groups excluding carboxylic acids is 2. The number of nitrogens with zero attached hydrogens (tertiary/aromatic N) is 2. The predicted octanol–water partition coefficient (Wildman–Crippen LogP) is 2.22. The van der Waals surface area contributed by atoms with Crippen molar-refractivity contribution in [2.24, 2.45) is 0 Å². The van der Waals surface area contributed by atoms with E-state index in [2.05, 4.69) is 15.5 Å². The van der Waals surface area contributed by atoms with Crippen molar-refractivity contribution in [2.75, 3.05) is 24.5 Å². The van der Waals surface area contributed by atoms with Crippen LogP contribution >= 0.6 is 0 Å². The summed E-state index contributed by atoms with van der Waals surface area (Å²) >= 11 is 0. The van der Waals surface area contributed by atoms with E-state index in [4.69, 9.17) is 4.42 Å². The summed E-state index contributed by atoms with van der Waals surface area (Å²) in [4.78, 5) is 37.2. The second-order valence-corrected chi connectivity index (χ2v) is 6.55. The quantitative estimate of drug-likeness (QED) is 0.556. The molecule has 1 aromatic heterocycles. The number of piperidine rings is 1. The van der Waals surface area contributed by atoms with E-state index < -0.39 is 10.8 Å². The number of nitro groups is 1. The van der Waals surface area contributed by atoms with Crippen molar-refractivity contribution in [2.45, 2.75) is 25.8 Å². The summed E-state index contributed by atoms with van der Waals surface area (Å²) in [5.74, 6) is -0.294. The number of hydrogen-bond acceptors (Lipinski definition) is 6. The van der Waals surface area contributed by atoms with Crippen LogP contribution in [-0.4, -0.2) is 36.4 Å². The summed E-state index contributed by atoms with van der Waals surface area (Å²) in [6.45, 7) is 1.57. The molecule has 0 spiro atoms. The van der Waals surface area contributed by atoms with Crippen molar-refractivity contribution in [1.29, 1.82) is 0 Å². The highest BCUT2D eigenvalue weighted by Crippen LogP contribution is 2.28. The van der Waals surface area contributed by atoms with Gasteiger partial charge >= 0.3 is 0 Å². The normalized spacial score (nSPS) is 13.8. The van der Waals surface area contributed by atoms with Crippen LogP contribution < -0.4 is 15.5 Å². The van der Waals surface area contributed by atoms with Crippen LogP contribution in [0.1, 0.15) is 35.4 Å². The molecule has 0 atom stereocenters. The van der Waals surface area contributed by atoms with Crippen LogP contribution in [0.5, 0.6) is 0 Å². The lowest BCUT2D eigenvalue weighted by atomic mass is 10.1. The first-order chi connectivity index (χ1) is 13.5. The molecule has 2 heterocycles. The standard InChI is InChI=1S/C19H22N4O5/c24-18(20-12-15-5-4-10-28-15)13-21-19(25)16-11-14(23(26)27)6-7-17(16)22-8-2-1-3-9-22/h4-7,10-11H,1-3,8-9,12-13H2,(H,20,24)(H,21,25). The molecule has 0 radical (unpaired) electrons. The van der Waals surface area contributed by atoms with Gasteiger partial charge < -0.3 is 20.0 Å². The lowest BCUT2D eigenvalue weighted by Crippen LogP contribution is -2.38. The van der Waals surface area contributed by atoms with Crippen LogP contribution in [0.2, 0.25) is 0 Å². The molecule has 0 unspecified atom stereocenters. The van der Waals surface area contributed by atoms with Gasteiger partial charge in [0.2, 0.25) is 5.91 Å². The summed E-state index contributed by atoms with van der Waals surface area (Å²) in [7, 11) is 0. The number of hydrogen-bond donors (Lipinski definition) is 2. The summed E-state index contributed by atoms with van der Waals surface area (Å²) < 4.78 is 5.13. The topological polar surface area (TPSA) is 118 Å². The number of furan rings is 1. The summed E-state index contributed by atoms with van der Waals surface area (Å²) in [6.07, 6.45) is 4.65. The van der Waals surface area contributed by atoms with Gasteiger partial charge in [0.1, 0.15) is 5.76 Å². The maximum atomic E-state index is 12.7. The van der Waals surface area contributed by atoms with E-state index >= 15 is 0 Å². The molecule has 148 valence electrons. The fourth-order valence-electron chi connectivity index (χ4n) is 3.15. The molecule has 0 saturated carbocycles. The van der Waals surface area contributed by atoms with Crippen molar-refractivity contribution >= 4 is 23.2 Å². The molecule has 1 aliphatic rings. The van der Waals surface area contributed by atoms with E-state index in [9.17, 15) is 19.7 Å². The Morgan fingerprint density at radius 3 is 2.61 bits per heavy atom. The first kappa shape index (κ1) is 19.4. The van der Waals surface area contributed by atoms with E-state index in [0.29, 0.717) is 11.4 Å². The Kier molecular flexibility index (Phi) is 6.25. The lowest BCUT2D eigenvalue weighted by molar-refractivity contribution is -0.384. The highest BCUT2D eigenvalue weighted by atomic mass is 16.6. The third-order valence-corrected chi connectivity index (χ3v) is 4.58. The Labute approximate surface area is 161 Å². The van der Waals surface area contributed by atoms with Gasteiger partial charge in [-0.25, -0.2) is 0 Å². The molecular formula is C19H22N4O5. The zero-order valence-corrected chi connectivity index (χ0v) is 15.3. The molecule has 3 rings (SSSR count). The monoisotopic (exact) mass is 386 g/mol. The Morgan fingerprint density at radius 1 is 1.14 bits per heavy atom. The van der Waals surface area contributed by atoms with Gasteiger partial charge in [0, 0.05) is 25.2 Å². The van der Waals surface area contributed by atoms with E-state index in [1.165, 1.54) is 18.4 Å². The second kappa shape index (κ2) is 9.03. The summed E-state index contributed by atoms with van der Waals surface area (Å²) in [5, 5.41) is 16.3. The SMILES string of the molecule is O=C(CNC(=O)c1cc([N+](=O)[O-])ccc1N1CCCCC1)NCc1ccco1. The fraction of sp³-hybridized carbons (Fsp3) is 0.368. The van der Waals surface area contributed by atoms with Crippen molar-refractivity contribution in [3.05, 3.63) is 58.0 Å². The van der Waals surface area contributed by atoms with Crippen molar-refractivity contribution < 1.29 is 18.9 Å². The molecule has 0 aliphatic carbocycles. The molecule has 28 heavy (non-hydrogen) atoms. The molecule has 2 N–H and O–H groups in total. The first-order valence-corrected chi connectivity index (χ1v) is 9.15. The minimum Gasteiger partial charge on any atom is -0.467 e. The number of carbonyl (C=O) groups is 2. The average Bonchev–Trinajstić information content (AvgIpc) is 3.24. The maximum Gasteiger partial charge on any atom is 0.270 e. The molecule has 0 bridgehead atoms. The third-order valence-electron chi connectivity index (χ3n) is 4.58. The van der Waals surface area contributed by atoms with Gasteiger partial charge in [0.05, 0.1) is 35.5 Å². The smallest absolute Gasteiger partial charge is 0.270 e. The maximum absolute atomic E-state index is 12.7. The number of non-ortho nitro benzene ring substituents is 1. The Balaban J connectivity index is 1.67. The zero-order chi connectivity index (χ0) is 19.9. The lowest BCUT2D eigenvalue weighted by Gasteiger charge is -2.30. The van der Waals surface area contributed by atoms with Gasteiger partial charge in [0.15, 0.2) is 0 Å². The zero-order valence-electron chi connectivity index (χ0n) is 15.3. The highest BCUT2D eigenvalue weighted by molar-refractivity contribution is 6.02. The van der Waals surface area contributed by atoms with E-state index in [1.807, 2.05) is 0 Å². The van der Waals surface area contributed by atoms with Gasteiger partial charge in [-0.2, -0.15) is 0 Å². The number of rotatable bonds is 7. The second-order valence-electron chi connectivity index (χ2n) is 6.55. The van der Waals surface area contributed by atoms with Crippen LogP contribution in [0.25, 0.3) is 0 Å². The largest absolute Gasteiger partial charge is 0.467 e. The molecule has 2 aromatic rings. The van der Waals surface area contributed by atoms with Gasteiger partial charge in [-0.15, -0.1) is 0 Å². The van der Waals surface area contributed by atoms with Gasteiger partial charge in [0.25, 0.3) is 11.6 Å². The van der Waals surface area contributed by atoms with Crippen molar-refractivity contribution in [1.82, 2.24) is 10.6 Å². The van der Waals surface area contributed by atoms with E-state index in [1.54, 1.807) is 18.2 Å². The molecule has 1 saturated heterocycles. The first-order valence-electron chi connectivity index (χ1n) is 9.15. The highest BCUT2D eigenvalue weighted by Gasteiger charge is 2.22. The average molecular weight is 386 g/mol. The molecular weight excluding hydrogens is 364 g/mol. The van der Waals surface area contributed by atoms with Gasteiger partial charge in [-0.1, -0.05) is 0 Å². The molecule has 1 fully saturated rings. The molecule has 9 heteroatoms. The van der Waals surface area contributed by atoms with Crippen LogP contribution in [0.4, 0.5) is 11.4 Å². The summed E-state index contributed by atoms with van der Waals surface area (Å²) in [5.41, 5.74) is 0.696. The fourth-order valence-corrected chi connectivity index (χ4v) is 3.15. The molecule has 1 aliphatic heterocycles. The minimum absolute atomic E-state index is 0.159. The van der Waals surface area contributed by atoms with Crippen molar-refractivity contribution in [3.8, 4) is 0 Å². The summed E-state index contributed by atoms with van der Waals surface area (Å²) in [6, 6.07) is 7.71. The Hall–Kier alpha value is -3.36. The van der Waals surface area contributed by atoms with Gasteiger partial charge in [-0.05, 0) is 37.5 Å². The van der Waals surface area contributed by atoms with Gasteiger partial charge in [-0.3, -0.25) is 19.7 Å². The minimum atomic E-state index is -0.535. The number of benzene rings is 1. The van der Waals surface area contributed by atoms with Crippen LogP contribution in [-0.2, 0) is 11.3 Å². The number of nitro benzene ring substituents is 1. The molecule has 2 amide bonds. The Morgan fingerprint density at radius 2 is 1.93 bits per heavy atom. The predicted molar refractivity (Wildman–Crippen MR) is 102 cm³/mol. The number of amides is 2. The van der Waals surface area contributed by atoms with E-state index in [-0.39, 0.29) is 30.2 Å².